The van der Waals surface area contributed by atoms with Crippen molar-refractivity contribution in [2.45, 2.75) is 43.9 Å². The smallest absolute Gasteiger partial charge is 0.871 e. The summed E-state index contributed by atoms with van der Waals surface area (Å²) in [5, 5.41) is 16.3. The predicted octanol–water partition coefficient (Wildman–Crippen LogP) is -0.377. The molecule has 9 nitrogen and oxygen atoms in total. The van der Waals surface area contributed by atoms with Crippen LogP contribution in [0.25, 0.3) is 5.76 Å². The fourth-order valence-electron chi connectivity index (χ4n) is 4.38. The Bertz CT molecular complexity index is 1510. The van der Waals surface area contributed by atoms with Crippen molar-refractivity contribution in [3.8, 4) is 0 Å². The molecule has 1 atom stereocenters. The number of carbonyl (C=O) groups is 1. The third-order valence-corrected chi connectivity index (χ3v) is 8.13. The van der Waals surface area contributed by atoms with Crippen molar-refractivity contribution >= 4 is 48.8 Å². The first kappa shape index (κ1) is 28.4. The average Bonchev–Trinajstić information content (AvgIpc) is 2.76. The van der Waals surface area contributed by atoms with Crippen LogP contribution in [0.1, 0.15) is 44.7 Å². The van der Waals surface area contributed by atoms with Gasteiger partial charge in [0.05, 0.1) is 22.9 Å². The van der Waals surface area contributed by atoms with Crippen LogP contribution in [0.5, 0.6) is 0 Å². The fraction of sp³-hybridized carbons (Fsp3) is 0.333. The molecule has 0 bridgehead atoms. The fourth-order valence-corrected chi connectivity index (χ4v) is 6.09. The number of nitrogens with zero attached hydrogens (tertiary/aromatic N) is 1. The number of sulfonamides is 2. The maximum atomic E-state index is 13.8. The van der Waals surface area contributed by atoms with Crippen LogP contribution in [-0.4, -0.2) is 34.7 Å². The zero-order valence-electron chi connectivity index (χ0n) is 20.7. The number of ketones is 1. The summed E-state index contributed by atoms with van der Waals surface area (Å²) in [5.74, 6) is -1.09. The number of amidine groups is 1. The first-order valence-corrected chi connectivity index (χ1v) is 14.4. The van der Waals surface area contributed by atoms with Crippen molar-refractivity contribution in [2.75, 3.05) is 16.3 Å². The zero-order valence-corrected chi connectivity index (χ0v) is 24.4. The van der Waals surface area contributed by atoms with E-state index in [9.17, 15) is 26.7 Å². The zero-order chi connectivity index (χ0) is 25.8. The average molecular weight is 540 g/mol. The van der Waals surface area contributed by atoms with Gasteiger partial charge in [0.15, 0.2) is 11.6 Å². The molecule has 0 fully saturated rings. The molecule has 2 aromatic rings. The monoisotopic (exact) mass is 539 g/mol. The van der Waals surface area contributed by atoms with E-state index in [1.807, 2.05) is 13.8 Å². The molecule has 0 radical (unpaired) electrons. The summed E-state index contributed by atoms with van der Waals surface area (Å²) in [6, 6.07) is 10.7. The van der Waals surface area contributed by atoms with Crippen molar-refractivity contribution < 1.29 is 56.3 Å². The quantitative estimate of drug-likeness (QED) is 0.476. The van der Waals surface area contributed by atoms with Gasteiger partial charge in [-0.05, 0) is 55.0 Å². The second-order valence-electron chi connectivity index (χ2n) is 9.47. The molecule has 1 heterocycles. The van der Waals surface area contributed by atoms with E-state index in [0.29, 0.717) is 23.5 Å². The first-order valence-electron chi connectivity index (χ1n) is 11.0. The Morgan fingerprint density at radius 2 is 1.83 bits per heavy atom. The van der Waals surface area contributed by atoms with Crippen LogP contribution < -0.4 is 44.7 Å². The number of fused-ring (bicyclic) bond motifs is 2. The van der Waals surface area contributed by atoms with E-state index in [0.717, 1.165) is 18.7 Å². The number of benzene rings is 2. The second-order valence-corrected chi connectivity index (χ2v) is 12.8. The van der Waals surface area contributed by atoms with Gasteiger partial charge < -0.3 is 10.4 Å². The van der Waals surface area contributed by atoms with Crippen LogP contribution in [0, 0.1) is 5.92 Å². The summed E-state index contributed by atoms with van der Waals surface area (Å²) < 4.78 is 55.1. The Balaban J connectivity index is 0.00000361. The van der Waals surface area contributed by atoms with E-state index in [-0.39, 0.29) is 57.2 Å². The van der Waals surface area contributed by atoms with Crippen LogP contribution in [0.15, 0.2) is 57.3 Å². The molecular formula is C24H26N3NaO6S2. The summed E-state index contributed by atoms with van der Waals surface area (Å²) in [6.45, 7) is 5.86. The molecule has 12 heteroatoms. The summed E-state index contributed by atoms with van der Waals surface area (Å²) in [7, 11) is -7.97. The van der Waals surface area contributed by atoms with Crippen molar-refractivity contribution in [2.24, 2.45) is 10.3 Å². The predicted molar refractivity (Wildman–Crippen MR) is 133 cm³/mol. The van der Waals surface area contributed by atoms with Gasteiger partial charge in [-0.2, -0.15) is 8.42 Å². The van der Waals surface area contributed by atoms with Crippen LogP contribution in [0.2, 0.25) is 0 Å². The number of hydrogen-bond donors (Lipinski definition) is 2. The first-order chi connectivity index (χ1) is 16.2. The van der Waals surface area contributed by atoms with E-state index in [2.05, 4.69) is 14.4 Å². The molecule has 0 saturated heterocycles. The molecule has 2 N–H and O–H groups in total. The van der Waals surface area contributed by atoms with Crippen LogP contribution in [-0.2, 0) is 30.3 Å². The topological polar surface area (TPSA) is 145 Å². The molecule has 186 valence electrons. The molecule has 4 rings (SSSR count). The second kappa shape index (κ2) is 9.94. The Morgan fingerprint density at radius 1 is 1.17 bits per heavy atom. The number of hydrogen-bond acceptors (Lipinski definition) is 7. The van der Waals surface area contributed by atoms with E-state index in [1.54, 1.807) is 31.2 Å². The van der Waals surface area contributed by atoms with Crippen molar-refractivity contribution in [1.82, 2.24) is 0 Å². The van der Waals surface area contributed by atoms with Gasteiger partial charge in [0, 0.05) is 5.69 Å². The van der Waals surface area contributed by atoms with Gasteiger partial charge in [-0.3, -0.25) is 9.52 Å². The van der Waals surface area contributed by atoms with Crippen LogP contribution in [0.3, 0.4) is 0 Å². The number of anilines is 2. The van der Waals surface area contributed by atoms with E-state index in [4.69, 9.17) is 0 Å². The Morgan fingerprint density at radius 3 is 2.47 bits per heavy atom. The maximum Gasteiger partial charge on any atom is 1.00 e. The molecule has 1 aliphatic heterocycles. The summed E-state index contributed by atoms with van der Waals surface area (Å²) >= 11 is 0. The van der Waals surface area contributed by atoms with E-state index >= 15 is 0 Å². The molecule has 0 spiro atoms. The SMILES string of the molecule is CC(C)CCC1(C)C(=O)C(C2=NS(=O)(=O)c3cc(NS(C)(=O)=O)ccc3N2)=C([O-])c2ccccc21.[Na+]. The van der Waals surface area contributed by atoms with Gasteiger partial charge in [0.2, 0.25) is 10.0 Å². The molecule has 0 amide bonds. The summed E-state index contributed by atoms with van der Waals surface area (Å²) in [5.41, 5.74) is -0.235. The largest absolute Gasteiger partial charge is 1.00 e. The van der Waals surface area contributed by atoms with E-state index < -0.39 is 37.0 Å². The standard InChI is InChI=1S/C24H27N3O6S2.Na/c1-14(2)11-12-24(3)17-8-6-5-7-16(17)21(28)20(22(24)29)23-25-18-10-9-15(26-34(4,30)31)13-19(18)35(32,33)27-23;/h5-10,13-14,26,28H,11-12H2,1-4H3,(H,25,27);/q;+1/p-1. The number of carbonyl (C=O) groups excluding carboxylic acids is 1. The molecular weight excluding hydrogens is 513 g/mol. The van der Waals surface area contributed by atoms with Gasteiger partial charge in [0.25, 0.3) is 10.0 Å². The molecule has 36 heavy (non-hydrogen) atoms. The Labute approximate surface area is 233 Å². The van der Waals surface area contributed by atoms with Crippen molar-refractivity contribution in [3.05, 3.63) is 59.2 Å². The van der Waals surface area contributed by atoms with Gasteiger partial charge in [0.1, 0.15) is 4.90 Å². The van der Waals surface area contributed by atoms with E-state index in [1.165, 1.54) is 12.1 Å². The number of Topliss-reactive ketones (excluding diaryl/α,β-unsaturated/α-hetero) is 1. The Kier molecular flexibility index (Phi) is 7.84. The van der Waals surface area contributed by atoms with Gasteiger partial charge >= 0.3 is 29.6 Å². The number of rotatable bonds is 6. The third kappa shape index (κ3) is 5.26. The summed E-state index contributed by atoms with van der Waals surface area (Å²) in [4.78, 5) is 13.5. The molecule has 1 unspecified atom stereocenters. The van der Waals surface area contributed by atoms with Gasteiger partial charge in [-0.25, -0.2) is 8.42 Å². The van der Waals surface area contributed by atoms with Crippen LogP contribution >= 0.6 is 0 Å². The minimum atomic E-state index is -4.34. The minimum Gasteiger partial charge on any atom is -0.871 e. The normalized spacial score (nSPS) is 20.6. The van der Waals surface area contributed by atoms with Gasteiger partial charge in [-0.15, -0.1) is 4.40 Å². The summed E-state index contributed by atoms with van der Waals surface area (Å²) in [6.07, 6.45) is 2.16. The number of nitrogens with one attached hydrogen (secondary N) is 2. The van der Waals surface area contributed by atoms with Crippen LogP contribution in [0.4, 0.5) is 11.4 Å². The van der Waals surface area contributed by atoms with Gasteiger partial charge in [-0.1, -0.05) is 43.9 Å². The minimum absolute atomic E-state index is 0. The third-order valence-electron chi connectivity index (χ3n) is 6.21. The molecule has 2 aliphatic rings. The Hall–Kier alpha value is -2.18. The maximum absolute atomic E-state index is 13.8. The molecule has 2 aromatic carbocycles. The molecule has 0 aromatic heterocycles. The van der Waals surface area contributed by atoms with Crippen molar-refractivity contribution in [1.29, 1.82) is 0 Å². The molecule has 1 aliphatic carbocycles. The molecule has 0 saturated carbocycles. The van der Waals surface area contributed by atoms with Crippen molar-refractivity contribution in [3.63, 3.8) is 0 Å².